The van der Waals surface area contributed by atoms with Crippen molar-refractivity contribution in [2.45, 2.75) is 0 Å². The van der Waals surface area contributed by atoms with Gasteiger partial charge >= 0.3 is 0 Å². The molecule has 2 nitrogen and oxygen atoms in total. The Morgan fingerprint density at radius 3 is 1.47 bits per heavy atom. The van der Waals surface area contributed by atoms with Crippen molar-refractivity contribution in [3.8, 4) is 22.5 Å². The molecule has 0 aliphatic rings. The van der Waals surface area contributed by atoms with Crippen LogP contribution in [0.2, 0.25) is 0 Å². The fourth-order valence-corrected chi connectivity index (χ4v) is 9.88. The van der Waals surface area contributed by atoms with E-state index in [2.05, 4.69) is 191 Å². The second-order valence-electron chi connectivity index (χ2n) is 14.2. The Balaban J connectivity index is 1.09. The third-order valence-corrected chi connectivity index (χ3v) is 12.4. The van der Waals surface area contributed by atoms with E-state index in [1.807, 2.05) is 11.3 Å². The van der Waals surface area contributed by atoms with Gasteiger partial charge in [0.25, 0.3) is 0 Å². The number of hydrogen-bond donors (Lipinski definition) is 0. The summed E-state index contributed by atoms with van der Waals surface area (Å²) in [6.07, 6.45) is 0. The zero-order chi connectivity index (χ0) is 34.6. The van der Waals surface area contributed by atoms with E-state index in [4.69, 9.17) is 0 Å². The van der Waals surface area contributed by atoms with Crippen LogP contribution < -0.4 is 0 Å². The molecule has 0 saturated carbocycles. The summed E-state index contributed by atoms with van der Waals surface area (Å²) in [5.41, 5.74) is 9.68. The molecule has 0 unspecified atom stereocenters. The SMILES string of the molecule is c1ccc2cc(-n3c4ccccc4c4cc(-c5ccc6c(c5)c5cc7c(cc5n6-c5ccc6ccccc6c5)sc5ccccc57)ccc43)ccc2c1. The van der Waals surface area contributed by atoms with Crippen LogP contribution in [-0.4, -0.2) is 9.13 Å². The molecular weight excluding hydrogens is 661 g/mol. The molecule has 0 bridgehead atoms. The first-order chi connectivity index (χ1) is 26.2. The zero-order valence-electron chi connectivity index (χ0n) is 28.6. The first kappa shape index (κ1) is 29.0. The van der Waals surface area contributed by atoms with Crippen molar-refractivity contribution in [1.29, 1.82) is 0 Å². The van der Waals surface area contributed by atoms with E-state index in [1.54, 1.807) is 0 Å². The Bertz CT molecular complexity index is 3470. The predicted molar refractivity (Wildman–Crippen MR) is 228 cm³/mol. The first-order valence-electron chi connectivity index (χ1n) is 18.2. The van der Waals surface area contributed by atoms with E-state index < -0.39 is 0 Å². The summed E-state index contributed by atoms with van der Waals surface area (Å²) >= 11 is 1.88. The lowest BCUT2D eigenvalue weighted by Crippen LogP contribution is -1.94. The predicted octanol–water partition coefficient (Wildman–Crippen LogP) is 14.2. The average molecular weight is 691 g/mol. The summed E-state index contributed by atoms with van der Waals surface area (Å²) in [6, 6.07) is 67.4. The normalized spacial score (nSPS) is 12.2. The van der Waals surface area contributed by atoms with Crippen LogP contribution >= 0.6 is 11.3 Å². The van der Waals surface area contributed by atoms with Gasteiger partial charge in [-0.2, -0.15) is 0 Å². The van der Waals surface area contributed by atoms with Gasteiger partial charge in [0.05, 0.1) is 22.1 Å². The van der Waals surface area contributed by atoms with E-state index in [0.29, 0.717) is 0 Å². The van der Waals surface area contributed by atoms with Gasteiger partial charge in [-0.1, -0.05) is 109 Å². The highest BCUT2D eigenvalue weighted by Crippen LogP contribution is 2.43. The Labute approximate surface area is 309 Å². The summed E-state index contributed by atoms with van der Waals surface area (Å²) in [7, 11) is 0. The maximum Gasteiger partial charge on any atom is 0.0555 e. The van der Waals surface area contributed by atoms with E-state index in [9.17, 15) is 0 Å². The van der Waals surface area contributed by atoms with E-state index in [0.717, 1.165) is 0 Å². The van der Waals surface area contributed by atoms with Crippen LogP contribution in [0.25, 0.3) is 108 Å². The fourth-order valence-electron chi connectivity index (χ4n) is 8.76. The fraction of sp³-hybridized carbons (Fsp3) is 0. The van der Waals surface area contributed by atoms with Crippen LogP contribution in [0.3, 0.4) is 0 Å². The number of aromatic nitrogens is 2. The Hall–Kier alpha value is -6.68. The molecule has 0 aliphatic carbocycles. The molecule has 0 N–H and O–H groups in total. The Morgan fingerprint density at radius 1 is 0.283 bits per heavy atom. The van der Waals surface area contributed by atoms with Crippen LogP contribution in [0.15, 0.2) is 182 Å². The number of thiophene rings is 1. The number of para-hydroxylation sites is 1. The second kappa shape index (κ2) is 10.9. The molecule has 12 rings (SSSR count). The summed E-state index contributed by atoms with van der Waals surface area (Å²) in [6.45, 7) is 0. The molecule has 3 aromatic heterocycles. The van der Waals surface area contributed by atoms with Crippen LogP contribution in [0.1, 0.15) is 0 Å². The number of fused-ring (bicyclic) bond motifs is 11. The van der Waals surface area contributed by atoms with Crippen LogP contribution in [0.4, 0.5) is 0 Å². The van der Waals surface area contributed by atoms with Gasteiger partial charge in [-0.05, 0) is 105 Å². The Morgan fingerprint density at radius 2 is 0.792 bits per heavy atom. The summed E-state index contributed by atoms with van der Waals surface area (Å²) < 4.78 is 7.52. The van der Waals surface area contributed by atoms with E-state index >= 15 is 0 Å². The standard InChI is InChI=1S/C50H30N2S/c1-3-11-33-25-37(21-17-31(33)9-1)51-45-15-7-5-13-39(45)41-27-35(19-23-46(41)51)36-20-24-47-42(28-36)43-29-44-40-14-6-8-16-49(40)53-50(44)30-48(43)52(47)38-22-18-32-10-2-4-12-34(32)26-38/h1-30H. The molecule has 0 radical (unpaired) electrons. The number of rotatable bonds is 3. The minimum absolute atomic E-state index is 1.18. The molecule has 0 saturated heterocycles. The maximum atomic E-state index is 2.46. The zero-order valence-corrected chi connectivity index (χ0v) is 29.4. The topological polar surface area (TPSA) is 9.86 Å². The second-order valence-corrected chi connectivity index (χ2v) is 15.3. The third-order valence-electron chi connectivity index (χ3n) is 11.3. The molecule has 0 fully saturated rings. The molecular formula is C50H30N2S. The highest BCUT2D eigenvalue weighted by Gasteiger charge is 2.18. The minimum Gasteiger partial charge on any atom is -0.309 e. The highest BCUT2D eigenvalue weighted by atomic mass is 32.1. The molecule has 3 heterocycles. The van der Waals surface area contributed by atoms with Crippen LogP contribution in [0, 0.1) is 0 Å². The van der Waals surface area contributed by atoms with Crippen molar-refractivity contribution in [1.82, 2.24) is 9.13 Å². The third kappa shape index (κ3) is 4.26. The van der Waals surface area contributed by atoms with Gasteiger partial charge in [-0.15, -0.1) is 11.3 Å². The van der Waals surface area contributed by atoms with Gasteiger partial charge in [-0.3, -0.25) is 0 Å². The molecule has 246 valence electrons. The lowest BCUT2D eigenvalue weighted by molar-refractivity contribution is 1.19. The summed E-state index contributed by atoms with van der Waals surface area (Å²) in [4.78, 5) is 0. The van der Waals surface area contributed by atoms with Crippen molar-refractivity contribution in [2.75, 3.05) is 0 Å². The summed E-state index contributed by atoms with van der Waals surface area (Å²) in [5, 5.41) is 12.7. The largest absolute Gasteiger partial charge is 0.309 e. The van der Waals surface area contributed by atoms with E-state index in [1.165, 1.54) is 108 Å². The van der Waals surface area contributed by atoms with Gasteiger partial charge in [0.15, 0.2) is 0 Å². The van der Waals surface area contributed by atoms with Crippen molar-refractivity contribution >= 4 is 96.7 Å². The van der Waals surface area contributed by atoms with E-state index in [-0.39, 0.29) is 0 Å². The number of benzene rings is 9. The van der Waals surface area contributed by atoms with Gasteiger partial charge in [0.2, 0.25) is 0 Å². The van der Waals surface area contributed by atoms with Gasteiger partial charge in [0.1, 0.15) is 0 Å². The first-order valence-corrected chi connectivity index (χ1v) is 19.0. The molecule has 0 amide bonds. The lowest BCUT2D eigenvalue weighted by atomic mass is 10.00. The Kier molecular flexibility index (Phi) is 5.96. The monoisotopic (exact) mass is 690 g/mol. The van der Waals surface area contributed by atoms with Gasteiger partial charge < -0.3 is 9.13 Å². The molecule has 9 aromatic carbocycles. The smallest absolute Gasteiger partial charge is 0.0555 e. The molecule has 0 aliphatic heterocycles. The minimum atomic E-state index is 1.18. The van der Waals surface area contributed by atoms with Crippen LogP contribution in [-0.2, 0) is 0 Å². The molecule has 0 atom stereocenters. The average Bonchev–Trinajstić information content (AvgIpc) is 3.86. The van der Waals surface area contributed by atoms with Crippen molar-refractivity contribution in [3.05, 3.63) is 182 Å². The molecule has 3 heteroatoms. The number of hydrogen-bond acceptors (Lipinski definition) is 1. The highest BCUT2D eigenvalue weighted by molar-refractivity contribution is 7.25. The van der Waals surface area contributed by atoms with Gasteiger partial charge in [-0.25, -0.2) is 0 Å². The lowest BCUT2D eigenvalue weighted by Gasteiger charge is -2.11. The maximum absolute atomic E-state index is 2.46. The molecule has 0 spiro atoms. The molecule has 53 heavy (non-hydrogen) atoms. The number of nitrogens with zero attached hydrogens (tertiary/aromatic N) is 2. The van der Waals surface area contributed by atoms with Crippen molar-refractivity contribution in [2.24, 2.45) is 0 Å². The van der Waals surface area contributed by atoms with Crippen molar-refractivity contribution < 1.29 is 0 Å². The summed E-state index contributed by atoms with van der Waals surface area (Å²) in [5.74, 6) is 0. The van der Waals surface area contributed by atoms with Crippen LogP contribution in [0.5, 0.6) is 0 Å². The van der Waals surface area contributed by atoms with Crippen molar-refractivity contribution in [3.63, 3.8) is 0 Å². The quantitative estimate of drug-likeness (QED) is 0.175. The van der Waals surface area contributed by atoms with Gasteiger partial charge in [0, 0.05) is 53.1 Å². The molecule has 12 aromatic rings.